The monoisotopic (exact) mass is 281 g/mol. The van der Waals surface area contributed by atoms with Crippen LogP contribution in [0.15, 0.2) is 60.8 Å². The van der Waals surface area contributed by atoms with Gasteiger partial charge in [0.15, 0.2) is 5.78 Å². The first-order chi connectivity index (χ1) is 9.74. The van der Waals surface area contributed by atoms with Crippen LogP contribution < -0.4 is 0 Å². The lowest BCUT2D eigenvalue weighted by Gasteiger charge is -2.05. The first-order valence-electron chi connectivity index (χ1n) is 6.35. The molecule has 3 aromatic rings. The average molecular weight is 282 g/mol. The molecule has 0 bridgehead atoms. The summed E-state index contributed by atoms with van der Waals surface area (Å²) in [5.41, 5.74) is 2.47. The van der Waals surface area contributed by atoms with E-state index in [-0.39, 0.29) is 5.78 Å². The molecule has 0 radical (unpaired) electrons. The molecule has 3 heteroatoms. The zero-order valence-corrected chi connectivity index (χ0v) is 11.5. The number of rotatable bonds is 3. The van der Waals surface area contributed by atoms with Crippen LogP contribution in [0, 0.1) is 0 Å². The third-order valence-corrected chi connectivity index (χ3v) is 3.54. The van der Waals surface area contributed by atoms with E-state index in [1.165, 1.54) is 0 Å². The number of ketones is 1. The summed E-state index contributed by atoms with van der Waals surface area (Å²) in [4.78, 5) is 16.5. The van der Waals surface area contributed by atoms with Gasteiger partial charge in [-0.3, -0.25) is 9.78 Å². The van der Waals surface area contributed by atoms with Gasteiger partial charge in [0.05, 0.1) is 10.5 Å². The van der Waals surface area contributed by atoms with E-state index in [1.54, 1.807) is 18.3 Å². The highest BCUT2D eigenvalue weighted by molar-refractivity contribution is 6.34. The van der Waals surface area contributed by atoms with Crippen LogP contribution in [0.1, 0.15) is 15.9 Å². The smallest absolute Gasteiger partial charge is 0.168 e. The van der Waals surface area contributed by atoms with Crippen molar-refractivity contribution in [3.8, 4) is 0 Å². The fourth-order valence-corrected chi connectivity index (χ4v) is 2.44. The summed E-state index contributed by atoms with van der Waals surface area (Å²) in [6, 6.07) is 16.9. The fourth-order valence-electron chi connectivity index (χ4n) is 2.20. The Bertz CT molecular complexity index is 783. The van der Waals surface area contributed by atoms with Crippen molar-refractivity contribution >= 4 is 28.3 Å². The molecule has 20 heavy (non-hydrogen) atoms. The molecular formula is C17H12ClNO. The SMILES string of the molecule is O=C(Cc1ccc2ncccc2c1)c1ccccc1Cl. The summed E-state index contributed by atoms with van der Waals surface area (Å²) in [5.74, 6) is 0.0267. The minimum Gasteiger partial charge on any atom is -0.294 e. The van der Waals surface area contributed by atoms with Gasteiger partial charge in [-0.2, -0.15) is 0 Å². The molecule has 0 amide bonds. The number of benzene rings is 2. The predicted octanol–water partition coefficient (Wildman–Crippen LogP) is 4.31. The van der Waals surface area contributed by atoms with Crippen molar-refractivity contribution in [1.29, 1.82) is 0 Å². The molecule has 3 rings (SSSR count). The predicted molar refractivity (Wildman–Crippen MR) is 81.2 cm³/mol. The van der Waals surface area contributed by atoms with E-state index < -0.39 is 0 Å². The van der Waals surface area contributed by atoms with Crippen LogP contribution in [-0.2, 0) is 6.42 Å². The molecule has 0 unspecified atom stereocenters. The molecule has 98 valence electrons. The Morgan fingerprint density at radius 2 is 1.90 bits per heavy atom. The second-order valence-corrected chi connectivity index (χ2v) is 5.02. The standard InChI is InChI=1S/C17H12ClNO/c18-15-6-2-1-5-14(15)17(20)11-12-7-8-16-13(10-12)4-3-9-19-16/h1-10H,11H2. The topological polar surface area (TPSA) is 30.0 Å². The van der Waals surface area contributed by atoms with E-state index in [2.05, 4.69) is 4.98 Å². The van der Waals surface area contributed by atoms with Crippen LogP contribution in [0.2, 0.25) is 5.02 Å². The molecule has 1 heterocycles. The summed E-state index contributed by atoms with van der Waals surface area (Å²) >= 11 is 6.05. The van der Waals surface area contributed by atoms with Crippen molar-refractivity contribution in [2.75, 3.05) is 0 Å². The van der Waals surface area contributed by atoms with Gasteiger partial charge in [-0.1, -0.05) is 35.9 Å². The first kappa shape index (κ1) is 12.8. The van der Waals surface area contributed by atoms with Gasteiger partial charge in [0.2, 0.25) is 0 Å². The zero-order valence-electron chi connectivity index (χ0n) is 10.7. The van der Waals surface area contributed by atoms with Gasteiger partial charge >= 0.3 is 0 Å². The summed E-state index contributed by atoms with van der Waals surface area (Å²) in [7, 11) is 0. The summed E-state index contributed by atoms with van der Waals surface area (Å²) in [6.07, 6.45) is 2.10. The number of hydrogen-bond acceptors (Lipinski definition) is 2. The van der Waals surface area contributed by atoms with Crippen molar-refractivity contribution in [1.82, 2.24) is 4.98 Å². The Hall–Kier alpha value is -2.19. The Morgan fingerprint density at radius 3 is 2.75 bits per heavy atom. The second kappa shape index (κ2) is 5.43. The largest absolute Gasteiger partial charge is 0.294 e. The number of fused-ring (bicyclic) bond motifs is 1. The van der Waals surface area contributed by atoms with Gasteiger partial charge in [-0.25, -0.2) is 0 Å². The molecule has 0 N–H and O–H groups in total. The van der Waals surface area contributed by atoms with Gasteiger partial charge < -0.3 is 0 Å². The molecule has 0 aliphatic heterocycles. The lowest BCUT2D eigenvalue weighted by atomic mass is 10.0. The zero-order chi connectivity index (χ0) is 13.9. The van der Waals surface area contributed by atoms with Crippen molar-refractivity contribution in [2.45, 2.75) is 6.42 Å². The lowest BCUT2D eigenvalue weighted by Crippen LogP contribution is -2.04. The van der Waals surface area contributed by atoms with Gasteiger partial charge in [0.1, 0.15) is 0 Å². The van der Waals surface area contributed by atoms with E-state index in [0.717, 1.165) is 16.5 Å². The molecule has 0 saturated heterocycles. The van der Waals surface area contributed by atoms with Crippen molar-refractivity contribution < 1.29 is 4.79 Å². The Kier molecular flexibility index (Phi) is 3.48. The molecule has 2 aromatic carbocycles. The maximum absolute atomic E-state index is 12.3. The molecule has 2 nitrogen and oxygen atoms in total. The molecule has 0 aliphatic carbocycles. The maximum atomic E-state index is 12.3. The third kappa shape index (κ3) is 2.56. The Balaban J connectivity index is 1.89. The fraction of sp³-hybridized carbons (Fsp3) is 0.0588. The van der Waals surface area contributed by atoms with E-state index in [9.17, 15) is 4.79 Å². The lowest BCUT2D eigenvalue weighted by molar-refractivity contribution is 0.0993. The maximum Gasteiger partial charge on any atom is 0.168 e. The van der Waals surface area contributed by atoms with E-state index in [1.807, 2.05) is 42.5 Å². The number of pyridine rings is 1. The molecule has 0 spiro atoms. The number of aromatic nitrogens is 1. The van der Waals surface area contributed by atoms with Crippen LogP contribution in [0.4, 0.5) is 0 Å². The molecular weight excluding hydrogens is 270 g/mol. The summed E-state index contributed by atoms with van der Waals surface area (Å²) < 4.78 is 0. The van der Waals surface area contributed by atoms with Crippen LogP contribution in [0.5, 0.6) is 0 Å². The van der Waals surface area contributed by atoms with Crippen LogP contribution in [-0.4, -0.2) is 10.8 Å². The Morgan fingerprint density at radius 1 is 1.05 bits per heavy atom. The third-order valence-electron chi connectivity index (χ3n) is 3.21. The quantitative estimate of drug-likeness (QED) is 0.670. The van der Waals surface area contributed by atoms with Crippen LogP contribution in [0.25, 0.3) is 10.9 Å². The highest BCUT2D eigenvalue weighted by Gasteiger charge is 2.10. The summed E-state index contributed by atoms with van der Waals surface area (Å²) in [5, 5.41) is 1.54. The number of carbonyl (C=O) groups excluding carboxylic acids is 1. The van der Waals surface area contributed by atoms with E-state index in [4.69, 9.17) is 11.6 Å². The van der Waals surface area contributed by atoms with E-state index in [0.29, 0.717) is 17.0 Å². The number of carbonyl (C=O) groups is 1. The Labute approximate surface area is 122 Å². The molecule has 0 fully saturated rings. The second-order valence-electron chi connectivity index (χ2n) is 4.61. The van der Waals surface area contributed by atoms with Gasteiger partial charge in [0.25, 0.3) is 0 Å². The minimum atomic E-state index is 0.0267. The first-order valence-corrected chi connectivity index (χ1v) is 6.73. The number of halogens is 1. The molecule has 1 aromatic heterocycles. The highest BCUT2D eigenvalue weighted by atomic mass is 35.5. The van der Waals surface area contributed by atoms with Crippen molar-refractivity contribution in [2.24, 2.45) is 0 Å². The highest BCUT2D eigenvalue weighted by Crippen LogP contribution is 2.19. The van der Waals surface area contributed by atoms with Gasteiger partial charge in [-0.05, 0) is 35.9 Å². The normalized spacial score (nSPS) is 10.7. The molecule has 0 saturated carbocycles. The summed E-state index contributed by atoms with van der Waals surface area (Å²) in [6.45, 7) is 0. The number of hydrogen-bond donors (Lipinski definition) is 0. The van der Waals surface area contributed by atoms with Crippen molar-refractivity contribution in [3.63, 3.8) is 0 Å². The average Bonchev–Trinajstić information content (AvgIpc) is 2.47. The number of Topliss-reactive ketones (excluding diaryl/α,β-unsaturated/α-hetero) is 1. The molecule has 0 aliphatic rings. The van der Waals surface area contributed by atoms with Gasteiger partial charge in [-0.15, -0.1) is 0 Å². The number of nitrogens with zero attached hydrogens (tertiary/aromatic N) is 1. The molecule has 0 atom stereocenters. The van der Waals surface area contributed by atoms with Crippen molar-refractivity contribution in [3.05, 3.63) is 76.9 Å². The van der Waals surface area contributed by atoms with Crippen LogP contribution in [0.3, 0.4) is 0 Å². The van der Waals surface area contributed by atoms with Gasteiger partial charge in [0, 0.05) is 23.6 Å². The minimum absolute atomic E-state index is 0.0267. The van der Waals surface area contributed by atoms with E-state index >= 15 is 0 Å². The van der Waals surface area contributed by atoms with Crippen LogP contribution >= 0.6 is 11.6 Å².